The molecule has 2 bridgehead atoms. The molecule has 8 aliphatic rings. The number of likely N-dealkylation sites (N-methyl/N-ethyl adjacent to an activating group) is 6. The van der Waals surface area contributed by atoms with Crippen molar-refractivity contribution in [2.24, 2.45) is 41.4 Å². The molecule has 4 heterocycles. The van der Waals surface area contributed by atoms with Crippen LogP contribution < -0.4 is 16.0 Å². The van der Waals surface area contributed by atoms with Crippen molar-refractivity contribution in [3.05, 3.63) is 0 Å². The lowest BCUT2D eigenvalue weighted by atomic mass is 9.76. The Morgan fingerprint density at radius 2 is 1.20 bits per heavy atom. The number of alkyl halides is 8. The fourth-order valence-electron chi connectivity index (χ4n) is 18.1. The van der Waals surface area contributed by atoms with Crippen molar-refractivity contribution >= 4 is 70.9 Å². The monoisotopic (exact) mass is 1570 g/mol. The van der Waals surface area contributed by atoms with E-state index in [4.69, 9.17) is 4.74 Å². The number of halogens is 8. The lowest BCUT2D eigenvalue weighted by molar-refractivity contribution is -0.219. The molecule has 4 aliphatic carbocycles. The highest BCUT2D eigenvalue weighted by atomic mass is 19.4. The van der Waals surface area contributed by atoms with E-state index in [1.165, 1.54) is 61.9 Å². The van der Waals surface area contributed by atoms with Crippen molar-refractivity contribution in [3.63, 3.8) is 0 Å². The molecule has 26 nitrogen and oxygen atoms in total. The number of morpholine rings is 1. The molecule has 622 valence electrons. The second-order valence-corrected chi connectivity index (χ2v) is 33.1. The molecule has 8 rings (SSSR count). The third-order valence-corrected chi connectivity index (χ3v) is 25.0. The molecule has 0 radical (unpaired) electrons. The lowest BCUT2D eigenvalue weighted by Crippen LogP contribution is -2.65. The van der Waals surface area contributed by atoms with Crippen LogP contribution in [0.15, 0.2) is 0 Å². The first kappa shape index (κ1) is 88.6. The number of aliphatic hydroxyl groups is 1. The van der Waals surface area contributed by atoms with E-state index in [9.17, 15) is 45.8 Å². The topological polar surface area (TPSA) is 300 Å². The second-order valence-electron chi connectivity index (χ2n) is 33.1. The third kappa shape index (κ3) is 21.4. The van der Waals surface area contributed by atoms with Gasteiger partial charge in [0.2, 0.25) is 70.9 Å². The molecule has 4 saturated carbocycles. The summed E-state index contributed by atoms with van der Waals surface area (Å²) in [6, 6.07) is -11.6. The number of carbonyl (C=O) groups is 12. The maximum Gasteiger partial charge on any atom is 0.397 e. The molecule has 4 saturated heterocycles. The van der Waals surface area contributed by atoms with Gasteiger partial charge in [-0.2, -0.15) is 26.3 Å². The van der Waals surface area contributed by atoms with Gasteiger partial charge in [-0.15, -0.1) is 0 Å². The highest BCUT2D eigenvalue weighted by Crippen LogP contribution is 2.46. The minimum Gasteiger partial charge on any atom is -0.391 e. The number of rotatable bonds is 11. The number of hydrogen-bond acceptors (Lipinski definition) is 14. The van der Waals surface area contributed by atoms with Gasteiger partial charge in [0.05, 0.1) is 44.7 Å². The van der Waals surface area contributed by atoms with Crippen molar-refractivity contribution in [2.75, 3.05) is 94.8 Å². The number of nitrogens with zero attached hydrogens (tertiary/aromatic N) is 9. The highest BCUT2D eigenvalue weighted by molar-refractivity contribution is 6.01. The maximum atomic E-state index is 15.8. The molecule has 4 N–H and O–H groups in total. The summed E-state index contributed by atoms with van der Waals surface area (Å²) >= 11 is 0. The molecule has 12 atom stereocenters. The molecule has 1 spiro atoms. The van der Waals surface area contributed by atoms with E-state index < -0.39 is 243 Å². The Labute approximate surface area is 640 Å². The van der Waals surface area contributed by atoms with Gasteiger partial charge in [-0.25, -0.2) is 8.78 Å². The Hall–Kier alpha value is -7.00. The van der Waals surface area contributed by atoms with Crippen molar-refractivity contribution in [1.29, 1.82) is 0 Å². The van der Waals surface area contributed by atoms with E-state index in [1.54, 1.807) is 13.8 Å². The van der Waals surface area contributed by atoms with E-state index in [0.717, 1.165) is 24.5 Å². The molecule has 0 aromatic heterocycles. The maximum absolute atomic E-state index is 15.8. The summed E-state index contributed by atoms with van der Waals surface area (Å²) in [5, 5.41) is 19.8. The van der Waals surface area contributed by atoms with Crippen LogP contribution in [-0.4, -0.2) is 300 Å². The molecule has 34 heteroatoms. The molecule has 2 unspecified atom stereocenters. The number of carbonyl (C=O) groups excluding carboxylic acids is 12. The Balaban J connectivity index is 1.20. The van der Waals surface area contributed by atoms with Gasteiger partial charge < -0.3 is 69.9 Å². The smallest absolute Gasteiger partial charge is 0.391 e. The molecule has 4 aliphatic heterocycles. The number of amides is 12. The molecule has 110 heavy (non-hydrogen) atoms. The molecule has 0 aromatic rings. The highest BCUT2D eigenvalue weighted by Gasteiger charge is 2.56. The van der Waals surface area contributed by atoms with Crippen LogP contribution in [0.3, 0.4) is 0 Å². The van der Waals surface area contributed by atoms with Gasteiger partial charge in [0.1, 0.15) is 72.1 Å². The average Bonchev–Trinajstić information content (AvgIpc) is 1.53. The van der Waals surface area contributed by atoms with Crippen LogP contribution in [0.2, 0.25) is 0 Å². The number of hydrogen-bond donors (Lipinski definition) is 4. The SMILES string of the molecule is CC[C@H](C)[C@@H]1NC(=O)[C@H](CC(C)C)N(C)C(=O)C[C@@H](C(=O)N2CCOCC2)N(C)C(=O)[C@H](C2CCCC2)N(C)C(=O)C2(CCCC2)NC(=O)[C@@H]2C[C@H](O)CN2C(=O)[C@H](CCC2CC(F)C(C(F)(F)F)C(F)C2)NC(=O)CN(C)C(=O)[C@H](CC2CCC(C(F)(F)F)CC2)N2CCCCC[C@@H](C2=O)N(C)C(=O)CN(C)C1=O. The standard InChI is InChI=1S/C76H118F8N12O14/c1-11-45(4)63-71(107)89(6)43-61(100)90(7)54-21-13-12-18-30-95(70(54)106)58(38-46-22-25-49(26-23-46)75(79,80)81)68(104)88(5)42-59(98)85-53(27-24-47-36-51(77)62(52(78)37-47)76(82,83)84)67(103)96-41-50(97)39-56(96)66(102)87-74(28-16-17-29-74)73(109)93(10)64(48-19-14-15-20-48)72(108)92(9)57(69(105)94-31-33-110-34-32-94)40-60(99)91(8)55(35-44(2)3)65(101)86-63/h44-58,62-64,97H,11-43H2,1-10H3,(H,85,98)(H,86,101)(H,87,102)/t45-,46?,47?,49?,50-,51?,52?,53-,54-,55-,56-,57-,58-,62?,63-,64-/m0/s1. The summed E-state index contributed by atoms with van der Waals surface area (Å²) in [5.41, 5.74) is -1.76. The van der Waals surface area contributed by atoms with Crippen LogP contribution in [0.25, 0.3) is 0 Å². The Morgan fingerprint density at radius 3 is 1.79 bits per heavy atom. The third-order valence-electron chi connectivity index (χ3n) is 25.0. The minimum absolute atomic E-state index is 0.00178. The number of aliphatic hydroxyl groups excluding tert-OH is 1. The van der Waals surface area contributed by atoms with Crippen LogP contribution in [0.4, 0.5) is 35.1 Å². The fourth-order valence-corrected chi connectivity index (χ4v) is 18.1. The predicted octanol–water partition coefficient (Wildman–Crippen LogP) is 5.69. The summed E-state index contributed by atoms with van der Waals surface area (Å²) in [4.78, 5) is 193. The fraction of sp³-hybridized carbons (Fsp3) is 0.842. The molecule has 12 amide bonds. The Morgan fingerprint density at radius 1 is 0.591 bits per heavy atom. The summed E-state index contributed by atoms with van der Waals surface area (Å²) in [6.07, 6.45) is -16.1. The van der Waals surface area contributed by atoms with Gasteiger partial charge in [-0.1, -0.05) is 72.6 Å². The van der Waals surface area contributed by atoms with Crippen LogP contribution >= 0.6 is 0 Å². The quantitative estimate of drug-likeness (QED) is 0.181. The number of fused-ring (bicyclic) bond motifs is 3. The lowest BCUT2D eigenvalue weighted by Gasteiger charge is -2.42. The molecule has 0 aromatic carbocycles. The van der Waals surface area contributed by atoms with Gasteiger partial charge in [0.25, 0.3) is 0 Å². The van der Waals surface area contributed by atoms with Crippen molar-refractivity contribution < 1.29 is 103 Å². The zero-order valence-corrected chi connectivity index (χ0v) is 65.5. The number of nitrogens with one attached hydrogen (secondary N) is 3. The zero-order valence-electron chi connectivity index (χ0n) is 65.5. The van der Waals surface area contributed by atoms with E-state index in [2.05, 4.69) is 16.0 Å². The van der Waals surface area contributed by atoms with Crippen molar-refractivity contribution in [3.8, 4) is 0 Å². The Kier molecular flexibility index (Phi) is 30.8. The first-order chi connectivity index (χ1) is 51.7. The first-order valence-electron chi connectivity index (χ1n) is 39.7. The molecular weight excluding hydrogens is 1460 g/mol. The van der Waals surface area contributed by atoms with Gasteiger partial charge in [0.15, 0.2) is 0 Å². The van der Waals surface area contributed by atoms with Crippen LogP contribution in [-0.2, 0) is 62.3 Å². The zero-order chi connectivity index (χ0) is 81.2. The number of ether oxygens (including phenoxy) is 1. The van der Waals surface area contributed by atoms with Gasteiger partial charge in [0, 0.05) is 74.9 Å². The normalized spacial score (nSPS) is 32.5. The molecular formula is C76H118F8N12O14. The van der Waals surface area contributed by atoms with Gasteiger partial charge in [-0.05, 0) is 132 Å². The van der Waals surface area contributed by atoms with Crippen LogP contribution in [0.1, 0.15) is 188 Å². The molecule has 8 fully saturated rings. The van der Waals surface area contributed by atoms with E-state index >= 15 is 51.9 Å². The van der Waals surface area contributed by atoms with E-state index in [-0.39, 0.29) is 103 Å². The van der Waals surface area contributed by atoms with Crippen LogP contribution in [0, 0.1) is 41.4 Å². The summed E-state index contributed by atoms with van der Waals surface area (Å²) in [6.45, 7) is 5.44. The summed E-state index contributed by atoms with van der Waals surface area (Å²) in [5.74, 6) is -17.2. The average molecular weight is 1580 g/mol. The van der Waals surface area contributed by atoms with Crippen molar-refractivity contribution in [2.45, 2.75) is 273 Å². The van der Waals surface area contributed by atoms with Gasteiger partial charge in [-0.3, -0.25) is 57.5 Å². The summed E-state index contributed by atoms with van der Waals surface area (Å²) in [7, 11) is 8.04. The van der Waals surface area contributed by atoms with Gasteiger partial charge >= 0.3 is 12.4 Å². The summed E-state index contributed by atoms with van der Waals surface area (Å²) < 4.78 is 121. The van der Waals surface area contributed by atoms with E-state index in [1.807, 2.05) is 13.8 Å². The second kappa shape index (κ2) is 38.2. The minimum atomic E-state index is -5.23. The van der Waals surface area contributed by atoms with E-state index in [0.29, 0.717) is 64.2 Å². The van der Waals surface area contributed by atoms with Crippen LogP contribution in [0.5, 0.6) is 0 Å². The predicted molar refractivity (Wildman–Crippen MR) is 385 cm³/mol. The Bertz CT molecular complexity index is 3250. The van der Waals surface area contributed by atoms with Crippen molar-refractivity contribution in [1.82, 2.24) is 60.0 Å². The first-order valence-corrected chi connectivity index (χ1v) is 39.7. The largest absolute Gasteiger partial charge is 0.397 e.